The minimum absolute atomic E-state index is 0.0148. The summed E-state index contributed by atoms with van der Waals surface area (Å²) in [5, 5.41) is 1.89. The van der Waals surface area contributed by atoms with E-state index in [1.165, 1.54) is 18.4 Å². The summed E-state index contributed by atoms with van der Waals surface area (Å²) in [7, 11) is -0.0126. The van der Waals surface area contributed by atoms with Gasteiger partial charge in [0, 0.05) is 31.9 Å². The van der Waals surface area contributed by atoms with Crippen LogP contribution in [0.25, 0.3) is 10.9 Å². The summed E-state index contributed by atoms with van der Waals surface area (Å²) in [6.07, 6.45) is 1.72. The Bertz CT molecular complexity index is 1310. The van der Waals surface area contributed by atoms with Gasteiger partial charge in [0.05, 0.1) is 34.0 Å². The van der Waals surface area contributed by atoms with Crippen molar-refractivity contribution in [2.75, 3.05) is 27.0 Å². The lowest BCUT2D eigenvalue weighted by Gasteiger charge is -2.18. The minimum atomic E-state index is -3.27. The number of thioether (sulfide) groups is 1. The SMILES string of the molecule is CCC(C)Oc1cc(Oc2ccc(S(C)(=O)=O)cc2)cc2cc(C3=NCC(C(OC)OC)S3)[nH]c12. The summed E-state index contributed by atoms with van der Waals surface area (Å²) < 4.78 is 46.6. The normalized spacial score (nSPS) is 17.1. The number of hydrogen-bond acceptors (Lipinski definition) is 8. The highest BCUT2D eigenvalue weighted by Crippen LogP contribution is 2.37. The van der Waals surface area contributed by atoms with E-state index in [-0.39, 0.29) is 22.5 Å². The average Bonchev–Trinajstić information content (AvgIpc) is 3.47. The lowest BCUT2D eigenvalue weighted by Crippen LogP contribution is -2.28. The Morgan fingerprint density at radius 3 is 2.46 bits per heavy atom. The van der Waals surface area contributed by atoms with Gasteiger partial charge in [0.25, 0.3) is 0 Å². The van der Waals surface area contributed by atoms with Crippen molar-refractivity contribution in [3.8, 4) is 17.2 Å². The number of aliphatic imine (C=N–C) groups is 1. The third kappa shape index (κ3) is 5.83. The van der Waals surface area contributed by atoms with Crippen LogP contribution in [-0.2, 0) is 19.3 Å². The number of H-pyrrole nitrogens is 1. The second-order valence-electron chi connectivity index (χ2n) is 8.39. The van der Waals surface area contributed by atoms with Crippen molar-refractivity contribution in [2.24, 2.45) is 4.99 Å². The van der Waals surface area contributed by atoms with Crippen LogP contribution in [0.4, 0.5) is 0 Å². The molecular formula is C25H30N2O6S2. The van der Waals surface area contributed by atoms with Crippen molar-refractivity contribution in [2.45, 2.75) is 42.8 Å². The van der Waals surface area contributed by atoms with E-state index >= 15 is 0 Å². The van der Waals surface area contributed by atoms with E-state index in [9.17, 15) is 8.42 Å². The Balaban J connectivity index is 1.65. The number of benzene rings is 2. The molecule has 0 bridgehead atoms. The van der Waals surface area contributed by atoms with Crippen LogP contribution in [0.2, 0.25) is 0 Å². The number of aromatic nitrogens is 1. The first kappa shape index (κ1) is 25.6. The monoisotopic (exact) mass is 518 g/mol. The molecule has 0 saturated carbocycles. The Hall–Kier alpha value is -2.53. The first-order chi connectivity index (χ1) is 16.7. The third-order valence-electron chi connectivity index (χ3n) is 5.73. The Morgan fingerprint density at radius 2 is 1.83 bits per heavy atom. The average molecular weight is 519 g/mol. The number of nitrogens with zero attached hydrogens (tertiary/aromatic N) is 1. The van der Waals surface area contributed by atoms with Gasteiger partial charge < -0.3 is 23.9 Å². The lowest BCUT2D eigenvalue weighted by atomic mass is 10.2. The maximum absolute atomic E-state index is 11.7. The zero-order chi connectivity index (χ0) is 25.2. The summed E-state index contributed by atoms with van der Waals surface area (Å²) in [5.74, 6) is 1.80. The predicted octanol–water partition coefficient (Wildman–Crippen LogP) is 5.02. The highest BCUT2D eigenvalue weighted by Gasteiger charge is 2.29. The highest BCUT2D eigenvalue weighted by atomic mass is 32.2. The van der Waals surface area contributed by atoms with E-state index in [0.29, 0.717) is 23.8 Å². The molecule has 2 atom stereocenters. The van der Waals surface area contributed by atoms with E-state index in [0.717, 1.165) is 28.1 Å². The molecule has 4 rings (SSSR count). The van der Waals surface area contributed by atoms with Crippen LogP contribution >= 0.6 is 11.8 Å². The van der Waals surface area contributed by atoms with Crippen molar-refractivity contribution in [3.05, 3.63) is 48.2 Å². The van der Waals surface area contributed by atoms with E-state index in [1.54, 1.807) is 38.1 Å². The number of fused-ring (bicyclic) bond motifs is 1. The Labute approximate surface area is 209 Å². The smallest absolute Gasteiger partial charge is 0.175 e. The molecule has 0 saturated heterocycles. The number of aromatic amines is 1. The molecule has 0 fully saturated rings. The molecule has 3 aromatic rings. The van der Waals surface area contributed by atoms with Gasteiger partial charge in [-0.3, -0.25) is 4.99 Å². The summed E-state index contributed by atoms with van der Waals surface area (Å²) in [6.45, 7) is 4.69. The largest absolute Gasteiger partial charge is 0.488 e. The molecule has 1 aliphatic rings. The molecule has 10 heteroatoms. The van der Waals surface area contributed by atoms with Crippen LogP contribution in [0.1, 0.15) is 26.0 Å². The van der Waals surface area contributed by atoms with Crippen LogP contribution in [0.3, 0.4) is 0 Å². The van der Waals surface area contributed by atoms with Crippen molar-refractivity contribution in [3.63, 3.8) is 0 Å². The van der Waals surface area contributed by atoms with Gasteiger partial charge in [-0.05, 0) is 49.7 Å². The number of nitrogens with one attached hydrogen (secondary N) is 1. The van der Waals surface area contributed by atoms with Crippen molar-refractivity contribution >= 4 is 37.5 Å². The highest BCUT2D eigenvalue weighted by molar-refractivity contribution is 8.15. The molecule has 0 spiro atoms. The van der Waals surface area contributed by atoms with Crippen molar-refractivity contribution < 1.29 is 27.4 Å². The number of hydrogen-bond donors (Lipinski definition) is 1. The van der Waals surface area contributed by atoms with Gasteiger partial charge in [-0.1, -0.05) is 18.7 Å². The molecule has 188 valence electrons. The number of ether oxygens (including phenoxy) is 4. The predicted molar refractivity (Wildman–Crippen MR) is 139 cm³/mol. The van der Waals surface area contributed by atoms with Gasteiger partial charge in [0.2, 0.25) is 0 Å². The van der Waals surface area contributed by atoms with Crippen molar-refractivity contribution in [1.82, 2.24) is 4.98 Å². The van der Waals surface area contributed by atoms with Gasteiger partial charge in [-0.25, -0.2) is 8.42 Å². The van der Waals surface area contributed by atoms with E-state index in [1.807, 2.05) is 25.1 Å². The Kier molecular flexibility index (Phi) is 7.75. The Morgan fingerprint density at radius 1 is 1.11 bits per heavy atom. The number of rotatable bonds is 10. The molecule has 0 radical (unpaired) electrons. The fraction of sp³-hybridized carbons (Fsp3) is 0.400. The zero-order valence-electron chi connectivity index (χ0n) is 20.4. The number of methoxy groups -OCH3 is 2. The molecule has 0 amide bonds. The fourth-order valence-corrected chi connectivity index (χ4v) is 5.51. The standard InChI is InChI=1S/C25H30N2O6S2/c1-6-15(2)32-21-13-18(33-17-7-9-19(10-8-17)35(5,28)29)11-16-12-20(27-23(16)21)24-26-14-22(34-24)25(30-3)31-4/h7-13,15,22,25,27H,6,14H2,1-5H3. The van der Waals surface area contributed by atoms with Crippen LogP contribution in [0.15, 0.2) is 52.4 Å². The summed E-state index contributed by atoms with van der Waals surface area (Å²) in [5.41, 5.74) is 1.75. The lowest BCUT2D eigenvalue weighted by molar-refractivity contribution is -0.0994. The van der Waals surface area contributed by atoms with Gasteiger partial charge >= 0.3 is 0 Å². The van der Waals surface area contributed by atoms with Gasteiger partial charge in [-0.2, -0.15) is 0 Å². The summed E-state index contributed by atoms with van der Waals surface area (Å²) in [6, 6.07) is 12.2. The third-order valence-corrected chi connectivity index (χ3v) is 8.11. The van der Waals surface area contributed by atoms with Gasteiger partial charge in [0.15, 0.2) is 16.1 Å². The first-order valence-electron chi connectivity index (χ1n) is 11.3. The first-order valence-corrected chi connectivity index (χ1v) is 14.1. The summed E-state index contributed by atoms with van der Waals surface area (Å²) >= 11 is 1.62. The molecule has 2 unspecified atom stereocenters. The molecule has 1 aromatic heterocycles. The molecule has 2 aromatic carbocycles. The van der Waals surface area contributed by atoms with Gasteiger partial charge in [0.1, 0.15) is 22.3 Å². The van der Waals surface area contributed by atoms with Crippen LogP contribution in [-0.4, -0.2) is 63.1 Å². The molecule has 1 N–H and O–H groups in total. The van der Waals surface area contributed by atoms with E-state index < -0.39 is 9.84 Å². The molecule has 8 nitrogen and oxygen atoms in total. The quantitative estimate of drug-likeness (QED) is 0.376. The van der Waals surface area contributed by atoms with Crippen LogP contribution in [0.5, 0.6) is 17.2 Å². The minimum Gasteiger partial charge on any atom is -0.488 e. The zero-order valence-corrected chi connectivity index (χ0v) is 22.0. The van der Waals surface area contributed by atoms with E-state index in [2.05, 4.69) is 11.9 Å². The molecule has 0 aliphatic carbocycles. The van der Waals surface area contributed by atoms with Crippen molar-refractivity contribution in [1.29, 1.82) is 0 Å². The van der Waals surface area contributed by atoms with Crippen LogP contribution in [0, 0.1) is 0 Å². The summed E-state index contributed by atoms with van der Waals surface area (Å²) in [4.78, 5) is 8.40. The second-order valence-corrected chi connectivity index (χ2v) is 11.6. The molecular weight excluding hydrogens is 488 g/mol. The second kappa shape index (κ2) is 10.6. The van der Waals surface area contributed by atoms with E-state index in [4.69, 9.17) is 23.9 Å². The fourth-order valence-electron chi connectivity index (χ4n) is 3.72. The topological polar surface area (TPSA) is 99.2 Å². The van der Waals surface area contributed by atoms with Gasteiger partial charge in [-0.15, -0.1) is 0 Å². The maximum atomic E-state index is 11.7. The molecule has 1 aliphatic heterocycles. The molecule has 2 heterocycles. The number of sulfone groups is 1. The maximum Gasteiger partial charge on any atom is 0.175 e. The molecule has 35 heavy (non-hydrogen) atoms. The van der Waals surface area contributed by atoms with Crippen LogP contribution < -0.4 is 9.47 Å².